The van der Waals surface area contributed by atoms with E-state index in [1.54, 1.807) is 10.7 Å². The zero-order valence-corrected chi connectivity index (χ0v) is 14.2. The van der Waals surface area contributed by atoms with Crippen LogP contribution in [0.25, 0.3) is 5.82 Å². The Balaban J connectivity index is 1.44. The molecule has 3 rings (SSSR count). The number of hydrogen-bond acceptors (Lipinski definition) is 6. The Bertz CT molecular complexity index is 747. The van der Waals surface area contributed by atoms with Gasteiger partial charge in [-0.15, -0.1) is 0 Å². The van der Waals surface area contributed by atoms with E-state index in [-0.39, 0.29) is 17.6 Å². The van der Waals surface area contributed by atoms with E-state index in [2.05, 4.69) is 25.7 Å². The summed E-state index contributed by atoms with van der Waals surface area (Å²) in [5.41, 5.74) is 0.917. The molecular formula is C17H22N6O2. The van der Waals surface area contributed by atoms with Gasteiger partial charge in [0.15, 0.2) is 5.82 Å². The Kier molecular flexibility index (Phi) is 5.37. The van der Waals surface area contributed by atoms with E-state index in [1.807, 2.05) is 19.2 Å². The van der Waals surface area contributed by atoms with E-state index >= 15 is 0 Å². The Morgan fingerprint density at radius 1 is 1.28 bits per heavy atom. The maximum absolute atomic E-state index is 12.1. The number of ketones is 1. The van der Waals surface area contributed by atoms with E-state index in [1.165, 1.54) is 6.33 Å². The van der Waals surface area contributed by atoms with Gasteiger partial charge < -0.3 is 10.6 Å². The predicted molar refractivity (Wildman–Crippen MR) is 92.4 cm³/mol. The van der Waals surface area contributed by atoms with Crippen molar-refractivity contribution in [2.75, 3.05) is 18.4 Å². The highest BCUT2D eigenvalue weighted by molar-refractivity contribution is 5.84. The van der Waals surface area contributed by atoms with E-state index in [0.717, 1.165) is 5.69 Å². The lowest BCUT2D eigenvalue weighted by molar-refractivity contribution is -0.128. The van der Waals surface area contributed by atoms with Crippen LogP contribution in [-0.4, -0.2) is 44.5 Å². The lowest BCUT2D eigenvalue weighted by Gasteiger charge is -2.20. The maximum Gasteiger partial charge on any atom is 0.223 e. The van der Waals surface area contributed by atoms with Crippen LogP contribution in [0.5, 0.6) is 0 Å². The predicted octanol–water partition coefficient (Wildman–Crippen LogP) is 1.26. The van der Waals surface area contributed by atoms with Crippen molar-refractivity contribution >= 4 is 17.5 Å². The fourth-order valence-electron chi connectivity index (χ4n) is 2.83. The minimum atomic E-state index is -0.0357. The van der Waals surface area contributed by atoms with Crippen molar-refractivity contribution in [1.29, 1.82) is 0 Å². The topological polar surface area (TPSA) is 102 Å². The van der Waals surface area contributed by atoms with Crippen molar-refractivity contribution in [1.82, 2.24) is 25.1 Å². The van der Waals surface area contributed by atoms with Gasteiger partial charge >= 0.3 is 0 Å². The summed E-state index contributed by atoms with van der Waals surface area (Å²) >= 11 is 0. The van der Waals surface area contributed by atoms with Crippen molar-refractivity contribution in [3.05, 3.63) is 30.4 Å². The number of carbonyl (C=O) groups excluding carboxylic acids is 2. The van der Waals surface area contributed by atoms with Crippen LogP contribution in [0.2, 0.25) is 0 Å². The molecule has 1 amide bonds. The molecule has 1 aliphatic carbocycles. The number of aromatic nitrogens is 4. The number of anilines is 1. The quantitative estimate of drug-likeness (QED) is 0.766. The number of nitrogens with zero attached hydrogens (tertiary/aromatic N) is 4. The summed E-state index contributed by atoms with van der Waals surface area (Å²) in [5.74, 6) is 1.62. The summed E-state index contributed by atoms with van der Waals surface area (Å²) in [5, 5.41) is 10.4. The lowest BCUT2D eigenvalue weighted by atomic mass is 9.88. The number of rotatable bonds is 6. The number of nitrogens with one attached hydrogen (secondary N) is 2. The van der Waals surface area contributed by atoms with Crippen LogP contribution >= 0.6 is 0 Å². The number of amides is 1. The largest absolute Gasteiger partial charge is 0.368 e. The maximum atomic E-state index is 12.1. The van der Waals surface area contributed by atoms with E-state index < -0.39 is 0 Å². The van der Waals surface area contributed by atoms with Crippen molar-refractivity contribution in [2.45, 2.75) is 32.6 Å². The van der Waals surface area contributed by atoms with Gasteiger partial charge in [0.05, 0.1) is 5.69 Å². The number of aryl methyl sites for hydroxylation is 1. The molecule has 1 saturated carbocycles. The molecule has 0 unspecified atom stereocenters. The Morgan fingerprint density at radius 3 is 2.80 bits per heavy atom. The van der Waals surface area contributed by atoms with Gasteiger partial charge in [0.25, 0.3) is 0 Å². The van der Waals surface area contributed by atoms with Gasteiger partial charge in [-0.1, -0.05) is 0 Å². The van der Waals surface area contributed by atoms with Gasteiger partial charge in [0, 0.05) is 44.1 Å². The van der Waals surface area contributed by atoms with Gasteiger partial charge in [0.2, 0.25) is 5.91 Å². The summed E-state index contributed by atoms with van der Waals surface area (Å²) in [6.07, 6.45) is 5.69. The van der Waals surface area contributed by atoms with Gasteiger partial charge in [-0.05, 0) is 25.8 Å². The third kappa shape index (κ3) is 4.62. The van der Waals surface area contributed by atoms with E-state index in [0.29, 0.717) is 50.4 Å². The molecule has 2 N–H and O–H groups in total. The van der Waals surface area contributed by atoms with Crippen LogP contribution in [0.4, 0.5) is 5.82 Å². The van der Waals surface area contributed by atoms with Crippen LogP contribution in [-0.2, 0) is 9.59 Å². The average molecular weight is 342 g/mol. The van der Waals surface area contributed by atoms with E-state index in [9.17, 15) is 9.59 Å². The fraction of sp³-hybridized carbons (Fsp3) is 0.471. The third-order valence-corrected chi connectivity index (χ3v) is 4.25. The summed E-state index contributed by atoms with van der Waals surface area (Å²) in [4.78, 5) is 31.7. The molecule has 0 bridgehead atoms. The molecule has 0 spiro atoms. The number of hydrogen-bond donors (Lipinski definition) is 2. The summed E-state index contributed by atoms with van der Waals surface area (Å²) in [6.45, 7) is 2.98. The molecule has 8 heteroatoms. The summed E-state index contributed by atoms with van der Waals surface area (Å²) < 4.78 is 1.69. The third-order valence-electron chi connectivity index (χ3n) is 4.25. The monoisotopic (exact) mass is 342 g/mol. The van der Waals surface area contributed by atoms with Gasteiger partial charge in [-0.3, -0.25) is 9.59 Å². The molecule has 2 aromatic rings. The molecule has 2 heterocycles. The first-order valence-electron chi connectivity index (χ1n) is 8.50. The van der Waals surface area contributed by atoms with Crippen LogP contribution in [0.15, 0.2) is 24.7 Å². The highest BCUT2D eigenvalue weighted by atomic mass is 16.2. The first kappa shape index (κ1) is 17.1. The molecule has 2 aromatic heterocycles. The SMILES string of the molecule is Cc1ccn(-c2cc(NCCNC(=O)C3CCC(=O)CC3)ncn2)n1. The molecule has 0 saturated heterocycles. The van der Waals surface area contributed by atoms with Gasteiger partial charge in [0.1, 0.15) is 17.9 Å². The highest BCUT2D eigenvalue weighted by Crippen LogP contribution is 2.21. The summed E-state index contributed by atoms with van der Waals surface area (Å²) in [6, 6.07) is 3.71. The lowest BCUT2D eigenvalue weighted by Crippen LogP contribution is -2.36. The second kappa shape index (κ2) is 7.87. The van der Waals surface area contributed by atoms with E-state index in [4.69, 9.17) is 0 Å². The zero-order chi connectivity index (χ0) is 17.6. The van der Waals surface area contributed by atoms with Crippen molar-refractivity contribution in [2.24, 2.45) is 5.92 Å². The average Bonchev–Trinajstić information content (AvgIpc) is 3.06. The van der Waals surface area contributed by atoms with Crippen molar-refractivity contribution < 1.29 is 9.59 Å². The molecule has 8 nitrogen and oxygen atoms in total. The molecule has 0 atom stereocenters. The van der Waals surface area contributed by atoms with Crippen molar-refractivity contribution in [3.8, 4) is 5.82 Å². The first-order chi connectivity index (χ1) is 12.1. The molecule has 0 aliphatic heterocycles. The van der Waals surface area contributed by atoms with Crippen LogP contribution in [0.1, 0.15) is 31.4 Å². The number of Topliss-reactive ketones (excluding diaryl/α,β-unsaturated/α-hetero) is 1. The second-order valence-electron chi connectivity index (χ2n) is 6.19. The van der Waals surface area contributed by atoms with Crippen LogP contribution < -0.4 is 10.6 Å². The zero-order valence-electron chi connectivity index (χ0n) is 14.2. The minimum Gasteiger partial charge on any atom is -0.368 e. The molecule has 1 aliphatic rings. The summed E-state index contributed by atoms with van der Waals surface area (Å²) in [7, 11) is 0. The first-order valence-corrected chi connectivity index (χ1v) is 8.50. The van der Waals surface area contributed by atoms with Gasteiger partial charge in [-0.25, -0.2) is 14.6 Å². The molecular weight excluding hydrogens is 320 g/mol. The molecule has 0 radical (unpaired) electrons. The molecule has 0 aromatic carbocycles. The molecule has 132 valence electrons. The van der Waals surface area contributed by atoms with Crippen LogP contribution in [0, 0.1) is 12.8 Å². The Hall–Kier alpha value is -2.77. The Morgan fingerprint density at radius 2 is 2.08 bits per heavy atom. The Labute approximate surface area is 146 Å². The number of carbonyl (C=O) groups is 2. The van der Waals surface area contributed by atoms with Crippen LogP contribution in [0.3, 0.4) is 0 Å². The standard InChI is InChI=1S/C17H22N6O2/c1-12-6-9-23(22-12)16-10-15(20-11-21-16)18-7-8-19-17(25)13-2-4-14(24)5-3-13/h6,9-11,13H,2-5,7-8H2,1H3,(H,19,25)(H,18,20,21). The fourth-order valence-corrected chi connectivity index (χ4v) is 2.83. The van der Waals surface area contributed by atoms with Gasteiger partial charge in [-0.2, -0.15) is 5.10 Å². The molecule has 25 heavy (non-hydrogen) atoms. The minimum absolute atomic E-state index is 0.0321. The van der Waals surface area contributed by atoms with Crippen molar-refractivity contribution in [3.63, 3.8) is 0 Å². The smallest absolute Gasteiger partial charge is 0.223 e. The highest BCUT2D eigenvalue weighted by Gasteiger charge is 2.24. The second-order valence-corrected chi connectivity index (χ2v) is 6.19. The normalized spacial score (nSPS) is 15.2. The molecule has 1 fully saturated rings.